The smallest absolute Gasteiger partial charge is 0.407 e. The molecule has 1 aliphatic rings. The van der Waals surface area contributed by atoms with E-state index in [4.69, 9.17) is 4.74 Å². The minimum Gasteiger partial charge on any atom is -0.444 e. The number of carbonyl (C=O) groups excluding carboxylic acids is 1. The van der Waals surface area contributed by atoms with Crippen molar-refractivity contribution in [3.8, 4) is 0 Å². The molecule has 1 fully saturated rings. The highest BCUT2D eigenvalue weighted by Crippen LogP contribution is 2.38. The Labute approximate surface area is 179 Å². The number of nitrogens with zero attached hydrogens (tertiary/aromatic N) is 1. The summed E-state index contributed by atoms with van der Waals surface area (Å²) >= 11 is 0. The van der Waals surface area contributed by atoms with Gasteiger partial charge in [-0.15, -0.1) is 0 Å². The third kappa shape index (κ3) is 4.84. The number of amides is 1. The normalized spacial score (nSPS) is 20.2. The number of alkyl carbamates (subject to hydrolysis) is 1. The highest BCUT2D eigenvalue weighted by Gasteiger charge is 2.44. The fourth-order valence-electron chi connectivity index (χ4n) is 3.78. The summed E-state index contributed by atoms with van der Waals surface area (Å²) in [7, 11) is -3.73. The van der Waals surface area contributed by atoms with Crippen molar-refractivity contribution < 1.29 is 17.9 Å². The number of carbonyl (C=O) groups is 1. The lowest BCUT2D eigenvalue weighted by Gasteiger charge is -2.30. The van der Waals surface area contributed by atoms with E-state index in [0.29, 0.717) is 13.0 Å². The topological polar surface area (TPSA) is 75.7 Å². The zero-order valence-corrected chi connectivity index (χ0v) is 19.0. The monoisotopic (exact) mass is 430 g/mol. The predicted molar refractivity (Wildman–Crippen MR) is 117 cm³/mol. The average molecular weight is 431 g/mol. The number of benzene rings is 2. The minimum absolute atomic E-state index is 0.254. The fraction of sp³-hybridized carbons (Fsp3) is 0.435. The maximum Gasteiger partial charge on any atom is 0.407 e. The van der Waals surface area contributed by atoms with E-state index < -0.39 is 27.8 Å². The van der Waals surface area contributed by atoms with E-state index >= 15 is 0 Å². The molecule has 0 aromatic heterocycles. The first-order valence-corrected chi connectivity index (χ1v) is 11.6. The Morgan fingerprint density at radius 2 is 1.70 bits per heavy atom. The Bertz CT molecular complexity index is 1010. The van der Waals surface area contributed by atoms with Gasteiger partial charge < -0.3 is 10.1 Å². The standard InChI is InChI=1S/C23H30N2O4S/c1-16-10-12-18(13-11-16)30(27,28)25-15-14-20(24-22(26)29-23(3,4)5)21(25)19-9-7-6-8-17(19)2/h6-13,20-21H,14-15H2,1-5H3,(H,24,26)/t20-,21?/m1/s1. The summed E-state index contributed by atoms with van der Waals surface area (Å²) in [5.41, 5.74) is 2.22. The van der Waals surface area contributed by atoms with Crippen LogP contribution in [0.15, 0.2) is 53.4 Å². The van der Waals surface area contributed by atoms with Crippen LogP contribution in [0.4, 0.5) is 4.79 Å². The summed E-state index contributed by atoms with van der Waals surface area (Å²) in [5.74, 6) is 0. The first kappa shape index (κ1) is 22.3. The zero-order chi connectivity index (χ0) is 22.1. The van der Waals surface area contributed by atoms with Crippen molar-refractivity contribution in [2.75, 3.05) is 6.54 Å². The summed E-state index contributed by atoms with van der Waals surface area (Å²) in [5, 5.41) is 2.91. The molecule has 2 atom stereocenters. The molecule has 0 bridgehead atoms. The Morgan fingerprint density at radius 1 is 1.07 bits per heavy atom. The quantitative estimate of drug-likeness (QED) is 0.783. The SMILES string of the molecule is Cc1ccc(S(=O)(=O)N2CC[C@@H](NC(=O)OC(C)(C)C)C2c2ccccc2C)cc1. The van der Waals surface area contributed by atoms with Crippen LogP contribution in [0.1, 0.15) is 49.9 Å². The molecule has 1 aliphatic heterocycles. The Kier molecular flexibility index (Phi) is 6.24. The van der Waals surface area contributed by atoms with Gasteiger partial charge in [0.05, 0.1) is 17.0 Å². The van der Waals surface area contributed by atoms with Crippen LogP contribution >= 0.6 is 0 Å². The fourth-order valence-corrected chi connectivity index (χ4v) is 5.44. The van der Waals surface area contributed by atoms with E-state index in [1.807, 2.05) is 38.1 Å². The van der Waals surface area contributed by atoms with E-state index in [1.165, 1.54) is 4.31 Å². The Morgan fingerprint density at radius 3 is 2.30 bits per heavy atom. The van der Waals surface area contributed by atoms with Crippen LogP contribution in [-0.4, -0.2) is 37.0 Å². The second kappa shape index (κ2) is 8.40. The van der Waals surface area contributed by atoms with E-state index in [0.717, 1.165) is 16.7 Å². The zero-order valence-electron chi connectivity index (χ0n) is 18.2. The highest BCUT2D eigenvalue weighted by atomic mass is 32.2. The Hall–Kier alpha value is -2.38. The number of aryl methyl sites for hydroxylation is 2. The molecule has 0 spiro atoms. The predicted octanol–water partition coefficient (Wildman–Crippen LogP) is 4.33. The molecule has 2 aromatic carbocycles. The van der Waals surface area contributed by atoms with Crippen molar-refractivity contribution >= 4 is 16.1 Å². The molecule has 7 heteroatoms. The van der Waals surface area contributed by atoms with Gasteiger partial charge in [0.1, 0.15) is 5.60 Å². The molecular formula is C23H30N2O4S. The van der Waals surface area contributed by atoms with Crippen LogP contribution in [0.5, 0.6) is 0 Å². The van der Waals surface area contributed by atoms with Crippen LogP contribution < -0.4 is 5.32 Å². The van der Waals surface area contributed by atoms with E-state index in [2.05, 4.69) is 5.32 Å². The number of hydrogen-bond donors (Lipinski definition) is 1. The van der Waals surface area contributed by atoms with Gasteiger partial charge in [-0.3, -0.25) is 0 Å². The van der Waals surface area contributed by atoms with Crippen molar-refractivity contribution in [1.29, 1.82) is 0 Å². The number of nitrogens with one attached hydrogen (secondary N) is 1. The molecule has 1 N–H and O–H groups in total. The van der Waals surface area contributed by atoms with Gasteiger partial charge in [-0.25, -0.2) is 13.2 Å². The van der Waals surface area contributed by atoms with Gasteiger partial charge in [-0.2, -0.15) is 4.31 Å². The number of sulfonamides is 1. The van der Waals surface area contributed by atoms with Crippen molar-refractivity contribution in [3.05, 3.63) is 65.2 Å². The van der Waals surface area contributed by atoms with Crippen LogP contribution in [0.3, 0.4) is 0 Å². The van der Waals surface area contributed by atoms with Gasteiger partial charge in [0.15, 0.2) is 0 Å². The highest BCUT2D eigenvalue weighted by molar-refractivity contribution is 7.89. The number of rotatable bonds is 4. The van der Waals surface area contributed by atoms with Gasteiger partial charge in [-0.1, -0.05) is 42.0 Å². The molecule has 1 heterocycles. The maximum atomic E-state index is 13.5. The second-order valence-corrected chi connectivity index (χ2v) is 10.7. The van der Waals surface area contributed by atoms with Crippen molar-refractivity contribution in [1.82, 2.24) is 9.62 Å². The summed E-state index contributed by atoms with van der Waals surface area (Å²) in [6.45, 7) is 9.59. The third-order valence-electron chi connectivity index (χ3n) is 5.19. The number of hydrogen-bond acceptors (Lipinski definition) is 4. The summed E-state index contributed by atoms with van der Waals surface area (Å²) < 4.78 is 33.9. The molecule has 6 nitrogen and oxygen atoms in total. The van der Waals surface area contributed by atoms with Crippen molar-refractivity contribution in [3.63, 3.8) is 0 Å². The van der Waals surface area contributed by atoms with Crippen molar-refractivity contribution in [2.45, 2.75) is 63.6 Å². The van der Waals surface area contributed by atoms with Crippen LogP contribution in [0.25, 0.3) is 0 Å². The molecule has 30 heavy (non-hydrogen) atoms. The van der Waals surface area contributed by atoms with Crippen molar-refractivity contribution in [2.24, 2.45) is 0 Å². The molecule has 0 aliphatic carbocycles. The lowest BCUT2D eigenvalue weighted by atomic mass is 9.97. The summed E-state index contributed by atoms with van der Waals surface area (Å²) in [4.78, 5) is 12.7. The molecule has 0 radical (unpaired) electrons. The van der Waals surface area contributed by atoms with Gasteiger partial charge >= 0.3 is 6.09 Å². The lowest BCUT2D eigenvalue weighted by Crippen LogP contribution is -2.43. The van der Waals surface area contributed by atoms with Crippen LogP contribution in [-0.2, 0) is 14.8 Å². The van der Waals surface area contributed by atoms with Gasteiger partial charge in [0.2, 0.25) is 10.0 Å². The van der Waals surface area contributed by atoms with Crippen LogP contribution in [0.2, 0.25) is 0 Å². The van der Waals surface area contributed by atoms with Gasteiger partial charge in [-0.05, 0) is 64.3 Å². The van der Waals surface area contributed by atoms with E-state index in [-0.39, 0.29) is 10.9 Å². The molecule has 1 saturated heterocycles. The summed E-state index contributed by atoms with van der Waals surface area (Å²) in [6, 6.07) is 13.6. The van der Waals surface area contributed by atoms with E-state index in [1.54, 1.807) is 45.0 Å². The first-order chi connectivity index (χ1) is 14.0. The third-order valence-corrected chi connectivity index (χ3v) is 7.08. The maximum absolute atomic E-state index is 13.5. The molecular weight excluding hydrogens is 400 g/mol. The Balaban J connectivity index is 1.98. The molecule has 3 rings (SSSR count). The minimum atomic E-state index is -3.73. The molecule has 1 amide bonds. The molecule has 162 valence electrons. The van der Waals surface area contributed by atoms with E-state index in [9.17, 15) is 13.2 Å². The second-order valence-electron chi connectivity index (χ2n) is 8.77. The lowest BCUT2D eigenvalue weighted by molar-refractivity contribution is 0.0496. The molecule has 2 aromatic rings. The summed E-state index contributed by atoms with van der Waals surface area (Å²) in [6.07, 6.45) is -0.0377. The molecule has 1 unspecified atom stereocenters. The van der Waals surface area contributed by atoms with Crippen LogP contribution in [0, 0.1) is 13.8 Å². The molecule has 0 saturated carbocycles. The first-order valence-electron chi connectivity index (χ1n) is 10.1. The van der Waals surface area contributed by atoms with Gasteiger partial charge in [0.25, 0.3) is 0 Å². The largest absolute Gasteiger partial charge is 0.444 e. The number of ether oxygens (including phenoxy) is 1. The average Bonchev–Trinajstić information content (AvgIpc) is 3.05. The van der Waals surface area contributed by atoms with Gasteiger partial charge in [0, 0.05) is 6.54 Å².